The lowest BCUT2D eigenvalue weighted by Crippen LogP contribution is -2.50. The number of halogens is 3. The molecule has 0 saturated carbocycles. The molecule has 2 aromatic rings. The summed E-state index contributed by atoms with van der Waals surface area (Å²) in [4.78, 5) is 4.36. The van der Waals surface area contributed by atoms with Crippen molar-refractivity contribution in [3.05, 3.63) is 59.6 Å². The van der Waals surface area contributed by atoms with E-state index in [2.05, 4.69) is 32.1 Å². The van der Waals surface area contributed by atoms with Crippen LogP contribution in [-0.4, -0.2) is 77.6 Å². The Morgan fingerprint density at radius 2 is 1.83 bits per heavy atom. The van der Waals surface area contributed by atoms with Gasteiger partial charge >= 0.3 is 12.1 Å². The molecule has 2 aliphatic heterocycles. The smallest absolute Gasteiger partial charge is 0.413 e. The number of hydrogen-bond donors (Lipinski definition) is 0. The van der Waals surface area contributed by atoms with Crippen LogP contribution < -0.4 is 0 Å². The van der Waals surface area contributed by atoms with Crippen molar-refractivity contribution in [2.75, 3.05) is 32.4 Å². The Balaban J connectivity index is 1.27. The van der Waals surface area contributed by atoms with Crippen LogP contribution in [0.25, 0.3) is 11.5 Å². The van der Waals surface area contributed by atoms with E-state index in [9.17, 15) is 21.6 Å². The highest BCUT2D eigenvalue weighted by Gasteiger charge is 2.49. The van der Waals surface area contributed by atoms with E-state index in [4.69, 9.17) is 9.15 Å². The lowest BCUT2D eigenvalue weighted by Gasteiger charge is -2.33. The maximum absolute atomic E-state index is 12.8. The molecule has 0 N–H and O–H groups in total. The van der Waals surface area contributed by atoms with Crippen molar-refractivity contribution in [2.45, 2.75) is 38.0 Å². The van der Waals surface area contributed by atoms with Gasteiger partial charge in [-0.1, -0.05) is 24.3 Å². The Bertz CT molecular complexity index is 1250. The minimum Gasteiger partial charge on any atom is -0.413 e. The van der Waals surface area contributed by atoms with Crippen molar-refractivity contribution in [1.29, 1.82) is 0 Å². The van der Waals surface area contributed by atoms with Gasteiger partial charge in [0.05, 0.1) is 6.26 Å². The molecule has 0 bridgehead atoms. The summed E-state index contributed by atoms with van der Waals surface area (Å²) in [5, 5.41) is 6.58. The topological polar surface area (TPSA) is 95.3 Å². The number of alkyl halides is 3. The molecule has 1 aliphatic carbocycles. The Labute approximate surface area is 206 Å². The minimum atomic E-state index is -4.69. The first-order chi connectivity index (χ1) is 17.1. The van der Waals surface area contributed by atoms with Gasteiger partial charge in [-0.3, -0.25) is 4.90 Å². The summed E-state index contributed by atoms with van der Waals surface area (Å²) < 4.78 is 74.2. The van der Waals surface area contributed by atoms with Crippen LogP contribution in [0.5, 0.6) is 0 Å². The van der Waals surface area contributed by atoms with Gasteiger partial charge in [0, 0.05) is 44.0 Å². The van der Waals surface area contributed by atoms with Crippen molar-refractivity contribution in [2.24, 2.45) is 0 Å². The molecule has 13 heteroatoms. The molecule has 3 heterocycles. The Hall–Kier alpha value is -2.74. The normalized spacial score (nSPS) is 23.5. The van der Waals surface area contributed by atoms with E-state index in [1.165, 1.54) is 10.6 Å². The van der Waals surface area contributed by atoms with Crippen LogP contribution in [0.2, 0.25) is 0 Å². The van der Waals surface area contributed by atoms with Gasteiger partial charge in [-0.15, -0.1) is 10.2 Å². The number of rotatable bonds is 7. The largest absolute Gasteiger partial charge is 0.470 e. The highest BCUT2D eigenvalue weighted by molar-refractivity contribution is 7.88. The molecular formula is C23H26F3N5O4S. The first-order valence-corrected chi connectivity index (χ1v) is 13.4. The van der Waals surface area contributed by atoms with E-state index < -0.39 is 22.1 Å². The second-order valence-corrected chi connectivity index (χ2v) is 11.0. The first kappa shape index (κ1) is 24.9. The number of nitrogens with zero attached hydrogens (tertiary/aromatic N) is 5. The number of benzene rings is 1. The number of ether oxygens (including phenoxy) is 1. The van der Waals surface area contributed by atoms with Crippen molar-refractivity contribution in [3.8, 4) is 11.5 Å². The fraction of sp³-hybridized carbons (Fsp3) is 0.478. The molecule has 2 unspecified atom stereocenters. The third kappa shape index (κ3) is 5.48. The summed E-state index contributed by atoms with van der Waals surface area (Å²) in [5.41, 5.74) is 2.48. The van der Waals surface area contributed by atoms with Crippen molar-refractivity contribution >= 4 is 10.0 Å². The minimum absolute atomic E-state index is 0.128. The lowest BCUT2D eigenvalue weighted by molar-refractivity contribution is -0.156. The van der Waals surface area contributed by atoms with Crippen LogP contribution in [0.1, 0.15) is 24.3 Å². The van der Waals surface area contributed by atoms with Gasteiger partial charge in [-0.2, -0.15) is 17.5 Å². The van der Waals surface area contributed by atoms with Gasteiger partial charge in [-0.25, -0.2) is 8.42 Å². The van der Waals surface area contributed by atoms with E-state index in [0.29, 0.717) is 38.3 Å². The molecule has 1 aromatic carbocycles. The quantitative estimate of drug-likeness (QED) is 0.509. The summed E-state index contributed by atoms with van der Waals surface area (Å²) in [6, 6.07) is 6.96. The maximum Gasteiger partial charge on any atom is 0.470 e. The molecule has 1 aromatic heterocycles. The molecular weight excluding hydrogens is 499 g/mol. The van der Waals surface area contributed by atoms with Crippen molar-refractivity contribution in [1.82, 2.24) is 24.3 Å². The van der Waals surface area contributed by atoms with Gasteiger partial charge in [0.1, 0.15) is 0 Å². The SMILES string of the molecule is CS(=O)(=O)N1CCN(C2OC2N(Cc2ccc(-c3nnc(C(F)(F)F)o3)cc2)C2=CC=CCC2)CC1. The van der Waals surface area contributed by atoms with Gasteiger partial charge in [-0.05, 0) is 36.6 Å². The highest BCUT2D eigenvalue weighted by atomic mass is 32.2. The summed E-state index contributed by atoms with van der Waals surface area (Å²) in [6.07, 6.45) is 4.21. The van der Waals surface area contributed by atoms with E-state index in [0.717, 1.165) is 24.1 Å². The molecule has 3 aliphatic rings. The highest BCUT2D eigenvalue weighted by Crippen LogP contribution is 2.36. The average molecular weight is 526 g/mol. The number of hydrogen-bond acceptors (Lipinski definition) is 8. The monoisotopic (exact) mass is 525 g/mol. The Morgan fingerprint density at radius 1 is 1.11 bits per heavy atom. The number of aromatic nitrogens is 2. The number of epoxide rings is 1. The van der Waals surface area contributed by atoms with Crippen molar-refractivity contribution in [3.63, 3.8) is 0 Å². The molecule has 0 spiro atoms. The van der Waals surface area contributed by atoms with Crippen LogP contribution in [0.15, 0.2) is 52.6 Å². The van der Waals surface area contributed by atoms with Gasteiger partial charge in [0.2, 0.25) is 15.9 Å². The molecule has 2 saturated heterocycles. The Morgan fingerprint density at radius 3 is 2.42 bits per heavy atom. The van der Waals surface area contributed by atoms with E-state index in [1.807, 2.05) is 18.2 Å². The van der Waals surface area contributed by atoms with E-state index in [1.54, 1.807) is 12.1 Å². The summed E-state index contributed by atoms with van der Waals surface area (Å²) in [7, 11) is -3.20. The molecule has 5 rings (SSSR count). The summed E-state index contributed by atoms with van der Waals surface area (Å²) >= 11 is 0. The van der Waals surface area contributed by atoms with E-state index in [-0.39, 0.29) is 18.3 Å². The molecule has 194 valence electrons. The maximum atomic E-state index is 12.8. The fourth-order valence-corrected chi connectivity index (χ4v) is 5.30. The second kappa shape index (κ2) is 9.61. The molecule has 0 radical (unpaired) electrons. The van der Waals surface area contributed by atoms with Gasteiger partial charge < -0.3 is 14.1 Å². The predicted molar refractivity (Wildman–Crippen MR) is 123 cm³/mol. The van der Waals surface area contributed by atoms with E-state index >= 15 is 0 Å². The first-order valence-electron chi connectivity index (χ1n) is 11.6. The lowest BCUT2D eigenvalue weighted by atomic mass is 10.1. The summed E-state index contributed by atoms with van der Waals surface area (Å²) in [5.74, 6) is -1.57. The summed E-state index contributed by atoms with van der Waals surface area (Å²) in [6.45, 7) is 2.61. The third-order valence-corrected chi connectivity index (χ3v) is 7.74. The number of piperazine rings is 1. The van der Waals surface area contributed by atoms with Crippen LogP contribution in [0, 0.1) is 0 Å². The third-order valence-electron chi connectivity index (χ3n) is 6.44. The van der Waals surface area contributed by atoms with Crippen molar-refractivity contribution < 1.29 is 30.7 Å². The zero-order valence-corrected chi connectivity index (χ0v) is 20.4. The molecule has 2 atom stereocenters. The fourth-order valence-electron chi connectivity index (χ4n) is 4.47. The average Bonchev–Trinajstić information content (AvgIpc) is 3.47. The molecule has 2 fully saturated rings. The standard InChI is InChI=1S/C23H26F3N5O4S/c1-36(32,33)30-13-11-29(12-14-30)20-21(35-20)31(18-5-3-2-4-6-18)15-16-7-9-17(10-8-16)19-27-28-22(34-19)23(24,25)26/h2-3,5,7-10,20-21H,4,6,11-15H2,1H3. The molecule has 9 nitrogen and oxygen atoms in total. The second-order valence-electron chi connectivity index (χ2n) is 8.98. The number of allylic oxidation sites excluding steroid dienone is 4. The van der Waals surface area contributed by atoms with Gasteiger partial charge in [0.15, 0.2) is 12.5 Å². The predicted octanol–water partition coefficient (Wildman–Crippen LogP) is 3.05. The van der Waals surface area contributed by atoms with Gasteiger partial charge in [0.25, 0.3) is 0 Å². The Kier molecular flexibility index (Phi) is 6.66. The molecule has 36 heavy (non-hydrogen) atoms. The number of sulfonamides is 1. The van der Waals surface area contributed by atoms with Crippen LogP contribution in [-0.2, 0) is 27.5 Å². The van der Waals surface area contributed by atoms with Crippen LogP contribution >= 0.6 is 0 Å². The van der Waals surface area contributed by atoms with Crippen LogP contribution in [0.3, 0.4) is 0 Å². The van der Waals surface area contributed by atoms with Crippen LogP contribution in [0.4, 0.5) is 13.2 Å². The zero-order chi connectivity index (χ0) is 25.5. The zero-order valence-electron chi connectivity index (χ0n) is 19.6. The molecule has 0 amide bonds.